The second-order valence-corrected chi connectivity index (χ2v) is 9.28. The average molecular weight is 370 g/mol. The van der Waals surface area contributed by atoms with Crippen molar-refractivity contribution < 1.29 is 22.4 Å². The van der Waals surface area contributed by atoms with Crippen molar-refractivity contribution in [3.05, 3.63) is 35.6 Å². The molecule has 0 spiro atoms. The normalized spacial score (nSPS) is 23.2. The summed E-state index contributed by atoms with van der Waals surface area (Å²) in [4.78, 5) is 24.9. The molecule has 0 bridgehead atoms. The number of nitrogens with one attached hydrogen (secondary N) is 2. The van der Waals surface area contributed by atoms with Gasteiger partial charge in [-0.05, 0) is 43.5 Å². The first-order valence-electron chi connectivity index (χ1n) is 8.10. The molecule has 1 saturated heterocycles. The molecule has 8 heteroatoms. The number of hydrogen-bond donors (Lipinski definition) is 2. The van der Waals surface area contributed by atoms with Gasteiger partial charge in [-0.3, -0.25) is 9.59 Å². The van der Waals surface area contributed by atoms with E-state index in [0.29, 0.717) is 6.42 Å². The van der Waals surface area contributed by atoms with E-state index in [1.54, 1.807) is 20.8 Å². The van der Waals surface area contributed by atoms with Crippen molar-refractivity contribution in [3.63, 3.8) is 0 Å². The maximum Gasteiger partial charge on any atom is 0.251 e. The summed E-state index contributed by atoms with van der Waals surface area (Å²) in [6.45, 7) is 5.25. The van der Waals surface area contributed by atoms with Gasteiger partial charge in [-0.1, -0.05) is 13.8 Å². The van der Waals surface area contributed by atoms with Crippen molar-refractivity contribution in [2.24, 2.45) is 5.92 Å². The Kier molecular flexibility index (Phi) is 5.51. The van der Waals surface area contributed by atoms with E-state index in [0.717, 1.165) is 0 Å². The maximum atomic E-state index is 13.0. The van der Waals surface area contributed by atoms with E-state index in [-0.39, 0.29) is 23.0 Å². The third-order valence-electron chi connectivity index (χ3n) is 4.27. The summed E-state index contributed by atoms with van der Waals surface area (Å²) >= 11 is 0. The van der Waals surface area contributed by atoms with Gasteiger partial charge in [-0.25, -0.2) is 12.8 Å². The number of benzene rings is 1. The fourth-order valence-corrected chi connectivity index (χ4v) is 4.94. The molecule has 1 heterocycles. The molecule has 2 amide bonds. The molecule has 0 aliphatic carbocycles. The number of rotatable bonds is 5. The molecule has 2 N–H and O–H groups in total. The SMILES string of the molecule is CC(C)[C@H](NC(=O)c1ccc(F)cc1)C(=O)N[C@@]1(C)CCS(=O)(=O)C1. The highest BCUT2D eigenvalue weighted by Crippen LogP contribution is 2.23. The first-order valence-corrected chi connectivity index (χ1v) is 9.92. The van der Waals surface area contributed by atoms with Crippen LogP contribution in [-0.4, -0.2) is 43.3 Å². The molecule has 2 rings (SSSR count). The van der Waals surface area contributed by atoms with Gasteiger partial charge in [0.05, 0.1) is 17.0 Å². The quantitative estimate of drug-likeness (QED) is 0.816. The fourth-order valence-electron chi connectivity index (χ4n) is 2.85. The number of carbonyl (C=O) groups excluding carboxylic acids is 2. The molecule has 0 radical (unpaired) electrons. The molecule has 1 aliphatic rings. The zero-order chi connectivity index (χ0) is 18.8. The van der Waals surface area contributed by atoms with Crippen molar-refractivity contribution in [1.29, 1.82) is 0 Å². The van der Waals surface area contributed by atoms with Crippen LogP contribution >= 0.6 is 0 Å². The van der Waals surface area contributed by atoms with Crippen LogP contribution in [0.1, 0.15) is 37.6 Å². The largest absolute Gasteiger partial charge is 0.348 e. The first-order chi connectivity index (χ1) is 11.5. The predicted molar refractivity (Wildman–Crippen MR) is 92.3 cm³/mol. The Hall–Kier alpha value is -1.96. The van der Waals surface area contributed by atoms with Gasteiger partial charge >= 0.3 is 0 Å². The summed E-state index contributed by atoms with van der Waals surface area (Å²) < 4.78 is 36.3. The summed E-state index contributed by atoms with van der Waals surface area (Å²) in [5, 5.41) is 5.41. The van der Waals surface area contributed by atoms with Crippen LogP contribution in [0.15, 0.2) is 24.3 Å². The molecule has 2 atom stereocenters. The number of amides is 2. The van der Waals surface area contributed by atoms with Crippen molar-refractivity contribution in [3.8, 4) is 0 Å². The van der Waals surface area contributed by atoms with Crippen LogP contribution in [0.2, 0.25) is 0 Å². The van der Waals surface area contributed by atoms with Crippen LogP contribution in [0.5, 0.6) is 0 Å². The Balaban J connectivity index is 2.08. The summed E-state index contributed by atoms with van der Waals surface area (Å²) in [5.41, 5.74) is -0.585. The van der Waals surface area contributed by atoms with E-state index in [4.69, 9.17) is 0 Å². The van der Waals surface area contributed by atoms with Gasteiger partial charge in [0.1, 0.15) is 11.9 Å². The number of halogens is 1. The molecule has 0 aromatic heterocycles. The van der Waals surface area contributed by atoms with Crippen LogP contribution in [0.25, 0.3) is 0 Å². The van der Waals surface area contributed by atoms with Gasteiger partial charge in [0.25, 0.3) is 5.91 Å². The average Bonchev–Trinajstić information content (AvgIpc) is 2.78. The lowest BCUT2D eigenvalue weighted by atomic mass is 9.98. The van der Waals surface area contributed by atoms with Gasteiger partial charge in [0.15, 0.2) is 9.84 Å². The zero-order valence-corrected chi connectivity index (χ0v) is 15.3. The Labute approximate surface area is 147 Å². The Morgan fingerprint density at radius 3 is 2.28 bits per heavy atom. The number of carbonyl (C=O) groups is 2. The third kappa shape index (κ3) is 5.01. The maximum absolute atomic E-state index is 13.0. The van der Waals surface area contributed by atoms with Crippen LogP contribution in [0, 0.1) is 11.7 Å². The van der Waals surface area contributed by atoms with Gasteiger partial charge in [0, 0.05) is 5.56 Å². The highest BCUT2D eigenvalue weighted by molar-refractivity contribution is 7.91. The minimum absolute atomic E-state index is 0.0397. The van der Waals surface area contributed by atoms with Crippen molar-refractivity contribution in [2.75, 3.05) is 11.5 Å². The van der Waals surface area contributed by atoms with E-state index >= 15 is 0 Å². The number of sulfone groups is 1. The molecular weight excluding hydrogens is 347 g/mol. The molecular formula is C17H23FN2O4S. The van der Waals surface area contributed by atoms with Gasteiger partial charge in [0.2, 0.25) is 5.91 Å². The van der Waals surface area contributed by atoms with E-state index in [1.165, 1.54) is 24.3 Å². The van der Waals surface area contributed by atoms with E-state index in [2.05, 4.69) is 10.6 Å². The van der Waals surface area contributed by atoms with Gasteiger partial charge < -0.3 is 10.6 Å². The van der Waals surface area contributed by atoms with Crippen LogP contribution < -0.4 is 10.6 Å². The summed E-state index contributed by atoms with van der Waals surface area (Å²) in [6, 6.07) is 4.20. The van der Waals surface area contributed by atoms with Crippen molar-refractivity contribution >= 4 is 21.7 Å². The molecule has 138 valence electrons. The lowest BCUT2D eigenvalue weighted by Crippen LogP contribution is -2.56. The highest BCUT2D eigenvalue weighted by Gasteiger charge is 2.41. The second-order valence-electron chi connectivity index (χ2n) is 7.09. The smallest absolute Gasteiger partial charge is 0.251 e. The molecule has 25 heavy (non-hydrogen) atoms. The van der Waals surface area contributed by atoms with E-state index in [9.17, 15) is 22.4 Å². The van der Waals surface area contributed by atoms with Crippen LogP contribution in [0.3, 0.4) is 0 Å². The van der Waals surface area contributed by atoms with Gasteiger partial charge in [-0.15, -0.1) is 0 Å². The topological polar surface area (TPSA) is 92.3 Å². The molecule has 6 nitrogen and oxygen atoms in total. The second kappa shape index (κ2) is 7.11. The molecule has 1 aliphatic heterocycles. The summed E-state index contributed by atoms with van der Waals surface area (Å²) in [7, 11) is -3.15. The third-order valence-corrected chi connectivity index (χ3v) is 6.17. The monoisotopic (exact) mass is 370 g/mol. The lowest BCUT2D eigenvalue weighted by Gasteiger charge is -2.29. The lowest BCUT2D eigenvalue weighted by molar-refractivity contribution is -0.125. The first kappa shape index (κ1) is 19.4. The predicted octanol–water partition coefficient (Wildman–Crippen LogP) is 1.27. The Morgan fingerprint density at radius 1 is 1.20 bits per heavy atom. The molecule has 0 saturated carbocycles. The summed E-state index contributed by atoms with van der Waals surface area (Å²) in [5.74, 6) is -1.64. The summed E-state index contributed by atoms with van der Waals surface area (Å²) in [6.07, 6.45) is 0.345. The standard InChI is InChI=1S/C17H23FN2O4S/c1-11(2)14(19-15(21)12-4-6-13(18)7-5-12)16(22)20-17(3)8-9-25(23,24)10-17/h4-7,11,14H,8-10H2,1-3H3,(H,19,21)(H,20,22)/t14-,17-/m0/s1. The van der Waals surface area contributed by atoms with Crippen LogP contribution in [-0.2, 0) is 14.6 Å². The Morgan fingerprint density at radius 2 is 1.80 bits per heavy atom. The van der Waals surface area contributed by atoms with Crippen LogP contribution in [0.4, 0.5) is 4.39 Å². The van der Waals surface area contributed by atoms with Crippen molar-refractivity contribution in [2.45, 2.75) is 38.8 Å². The highest BCUT2D eigenvalue weighted by atomic mass is 32.2. The minimum Gasteiger partial charge on any atom is -0.348 e. The zero-order valence-electron chi connectivity index (χ0n) is 14.5. The molecule has 1 fully saturated rings. The minimum atomic E-state index is -3.15. The van der Waals surface area contributed by atoms with E-state index in [1.807, 2.05) is 0 Å². The van der Waals surface area contributed by atoms with E-state index < -0.39 is 39.0 Å². The fraction of sp³-hybridized carbons (Fsp3) is 0.529. The number of hydrogen-bond acceptors (Lipinski definition) is 4. The molecule has 1 aromatic rings. The molecule has 0 unspecified atom stereocenters. The Bertz CT molecular complexity index is 761. The van der Waals surface area contributed by atoms with Gasteiger partial charge in [-0.2, -0.15) is 0 Å². The molecule has 1 aromatic carbocycles. The van der Waals surface area contributed by atoms with Crippen molar-refractivity contribution in [1.82, 2.24) is 10.6 Å².